The Morgan fingerprint density at radius 2 is 2.06 bits per heavy atom. The summed E-state index contributed by atoms with van der Waals surface area (Å²) >= 11 is 0. The highest BCUT2D eigenvalue weighted by Gasteiger charge is 2.38. The first-order valence-electron chi connectivity index (χ1n) is 5.47. The van der Waals surface area contributed by atoms with Crippen molar-refractivity contribution in [2.24, 2.45) is 0 Å². The molecule has 1 heterocycles. The molecule has 102 valence electrons. The van der Waals surface area contributed by atoms with E-state index in [1.54, 1.807) is 0 Å². The molecule has 0 saturated carbocycles. The van der Waals surface area contributed by atoms with E-state index in [1.807, 2.05) is 6.92 Å². The summed E-state index contributed by atoms with van der Waals surface area (Å²) in [6.07, 6.45) is -5.63. The second-order valence-electron chi connectivity index (χ2n) is 3.69. The topological polar surface area (TPSA) is 57.4 Å². The van der Waals surface area contributed by atoms with Gasteiger partial charge in [0.1, 0.15) is 0 Å². The monoisotopic (exact) mass is 264 g/mol. The van der Waals surface area contributed by atoms with Gasteiger partial charge in [0.25, 0.3) is 0 Å². The minimum atomic E-state index is -4.44. The molecule has 0 fully saturated rings. The van der Waals surface area contributed by atoms with Crippen molar-refractivity contribution >= 4 is 5.69 Å². The first-order valence-corrected chi connectivity index (χ1v) is 5.47. The summed E-state index contributed by atoms with van der Waals surface area (Å²) in [5.74, 6) is -0.0798. The highest BCUT2D eigenvalue weighted by molar-refractivity contribution is 5.49. The van der Waals surface area contributed by atoms with Gasteiger partial charge >= 0.3 is 6.18 Å². The van der Waals surface area contributed by atoms with E-state index in [2.05, 4.69) is 9.72 Å². The van der Waals surface area contributed by atoms with Crippen LogP contribution < -0.4 is 15.2 Å². The fourth-order valence-corrected chi connectivity index (χ4v) is 1.06. The lowest BCUT2D eigenvalue weighted by Gasteiger charge is -2.17. The van der Waals surface area contributed by atoms with Crippen LogP contribution in [0.2, 0.25) is 0 Å². The van der Waals surface area contributed by atoms with Gasteiger partial charge in [-0.05, 0) is 19.4 Å². The van der Waals surface area contributed by atoms with Crippen molar-refractivity contribution in [3.63, 3.8) is 0 Å². The summed E-state index contributed by atoms with van der Waals surface area (Å²) in [5.41, 5.74) is 5.84. The molecule has 0 bridgehead atoms. The van der Waals surface area contributed by atoms with E-state index < -0.39 is 12.3 Å². The van der Waals surface area contributed by atoms with Crippen LogP contribution in [0.15, 0.2) is 12.1 Å². The van der Waals surface area contributed by atoms with E-state index >= 15 is 0 Å². The quantitative estimate of drug-likeness (QED) is 0.888. The van der Waals surface area contributed by atoms with Crippen LogP contribution in [0.25, 0.3) is 0 Å². The summed E-state index contributed by atoms with van der Waals surface area (Å²) in [7, 11) is 0. The van der Waals surface area contributed by atoms with Crippen molar-refractivity contribution in [2.45, 2.75) is 32.5 Å². The highest BCUT2D eigenvalue weighted by Crippen LogP contribution is 2.27. The van der Waals surface area contributed by atoms with Gasteiger partial charge in [-0.25, -0.2) is 0 Å². The molecule has 0 aliphatic carbocycles. The number of pyridine rings is 1. The molecule has 1 unspecified atom stereocenters. The fraction of sp³-hybridized carbons (Fsp3) is 0.545. The molecule has 0 amide bonds. The fourth-order valence-electron chi connectivity index (χ4n) is 1.06. The smallest absolute Gasteiger partial charge is 0.425 e. The molecular formula is C11H15F3N2O2. The number of hydrogen-bond acceptors (Lipinski definition) is 4. The molecule has 0 aromatic carbocycles. The SMILES string of the molecule is CCCOc1nc(OC(C)C(F)(F)F)ccc1N. The normalized spacial score (nSPS) is 13.2. The van der Waals surface area contributed by atoms with Crippen molar-refractivity contribution in [1.29, 1.82) is 0 Å². The van der Waals surface area contributed by atoms with Crippen molar-refractivity contribution in [2.75, 3.05) is 12.3 Å². The minimum absolute atomic E-state index is 0.0868. The Hall–Kier alpha value is -1.66. The van der Waals surface area contributed by atoms with Gasteiger partial charge in [-0.3, -0.25) is 0 Å². The average Bonchev–Trinajstić information content (AvgIpc) is 2.28. The third-order valence-corrected chi connectivity index (χ3v) is 2.07. The number of nitrogens with two attached hydrogens (primary N) is 1. The molecule has 1 aromatic rings. The average molecular weight is 264 g/mol. The van der Waals surface area contributed by atoms with Crippen molar-refractivity contribution in [1.82, 2.24) is 4.98 Å². The Bertz CT molecular complexity index is 396. The van der Waals surface area contributed by atoms with Crippen LogP contribution >= 0.6 is 0 Å². The molecular weight excluding hydrogens is 249 g/mol. The summed E-state index contributed by atoms with van der Waals surface area (Å²) in [6, 6.07) is 2.67. The number of ether oxygens (including phenoxy) is 2. The van der Waals surface area contributed by atoms with Crippen molar-refractivity contribution in [3.05, 3.63) is 12.1 Å². The third kappa shape index (κ3) is 3.97. The first kappa shape index (κ1) is 14.4. The van der Waals surface area contributed by atoms with Crippen LogP contribution in [0.5, 0.6) is 11.8 Å². The van der Waals surface area contributed by atoms with Crippen LogP contribution in [-0.4, -0.2) is 23.9 Å². The predicted molar refractivity (Wildman–Crippen MR) is 60.6 cm³/mol. The minimum Gasteiger partial charge on any atom is -0.476 e. The van der Waals surface area contributed by atoms with E-state index in [4.69, 9.17) is 10.5 Å². The summed E-state index contributed by atoms with van der Waals surface area (Å²) in [5, 5.41) is 0. The maximum absolute atomic E-state index is 12.3. The number of alkyl halides is 3. The molecule has 0 aliphatic heterocycles. The van der Waals surface area contributed by atoms with E-state index in [9.17, 15) is 13.2 Å². The Morgan fingerprint density at radius 1 is 1.39 bits per heavy atom. The second kappa shape index (κ2) is 5.79. The largest absolute Gasteiger partial charge is 0.476 e. The van der Waals surface area contributed by atoms with Crippen LogP contribution in [0.1, 0.15) is 20.3 Å². The Morgan fingerprint density at radius 3 is 2.61 bits per heavy atom. The summed E-state index contributed by atoms with van der Waals surface area (Å²) in [6.45, 7) is 3.18. The van der Waals surface area contributed by atoms with Gasteiger partial charge in [0.15, 0.2) is 6.10 Å². The van der Waals surface area contributed by atoms with Gasteiger partial charge in [-0.15, -0.1) is 0 Å². The molecule has 7 heteroatoms. The lowest BCUT2D eigenvalue weighted by molar-refractivity contribution is -0.190. The molecule has 0 saturated heterocycles. The molecule has 1 aromatic heterocycles. The molecule has 4 nitrogen and oxygen atoms in total. The van der Waals surface area contributed by atoms with Gasteiger partial charge < -0.3 is 15.2 Å². The molecule has 1 rings (SSSR count). The number of anilines is 1. The van der Waals surface area contributed by atoms with Crippen LogP contribution in [-0.2, 0) is 0 Å². The maximum Gasteiger partial charge on any atom is 0.425 e. The van der Waals surface area contributed by atoms with Gasteiger partial charge in [0.05, 0.1) is 12.3 Å². The van der Waals surface area contributed by atoms with Crippen LogP contribution in [0.3, 0.4) is 0 Å². The number of halogens is 3. The Kier molecular flexibility index (Phi) is 4.63. The summed E-state index contributed by atoms with van der Waals surface area (Å²) in [4.78, 5) is 3.79. The van der Waals surface area contributed by atoms with Gasteiger partial charge in [-0.1, -0.05) is 6.92 Å². The molecule has 0 aliphatic rings. The predicted octanol–water partition coefficient (Wildman–Crippen LogP) is 2.78. The Balaban J connectivity index is 2.78. The van der Waals surface area contributed by atoms with Crippen molar-refractivity contribution < 1.29 is 22.6 Å². The van der Waals surface area contributed by atoms with Gasteiger partial charge in [0.2, 0.25) is 11.8 Å². The van der Waals surface area contributed by atoms with Crippen LogP contribution in [0, 0.1) is 0 Å². The Labute approximate surface area is 103 Å². The van der Waals surface area contributed by atoms with Gasteiger partial charge in [0, 0.05) is 6.07 Å². The van der Waals surface area contributed by atoms with E-state index in [0.29, 0.717) is 6.61 Å². The number of nitrogens with zero attached hydrogens (tertiary/aromatic N) is 1. The maximum atomic E-state index is 12.3. The first-order chi connectivity index (χ1) is 8.34. The zero-order chi connectivity index (χ0) is 13.8. The number of nitrogen functional groups attached to an aromatic ring is 1. The summed E-state index contributed by atoms with van der Waals surface area (Å²) < 4.78 is 46.8. The molecule has 1 atom stereocenters. The number of rotatable bonds is 5. The van der Waals surface area contributed by atoms with E-state index in [-0.39, 0.29) is 17.4 Å². The lowest BCUT2D eigenvalue weighted by Crippen LogP contribution is -2.31. The highest BCUT2D eigenvalue weighted by atomic mass is 19.4. The van der Waals surface area contributed by atoms with Crippen molar-refractivity contribution in [3.8, 4) is 11.8 Å². The number of hydrogen-bond donors (Lipinski definition) is 1. The molecule has 18 heavy (non-hydrogen) atoms. The lowest BCUT2D eigenvalue weighted by atomic mass is 10.4. The van der Waals surface area contributed by atoms with Gasteiger partial charge in [-0.2, -0.15) is 18.2 Å². The molecule has 0 spiro atoms. The van der Waals surface area contributed by atoms with E-state index in [0.717, 1.165) is 13.3 Å². The zero-order valence-electron chi connectivity index (χ0n) is 10.1. The molecule has 0 radical (unpaired) electrons. The number of aromatic nitrogens is 1. The molecule has 2 N–H and O–H groups in total. The van der Waals surface area contributed by atoms with E-state index in [1.165, 1.54) is 12.1 Å². The standard InChI is InChI=1S/C11H15F3N2O2/c1-3-6-17-10-8(15)4-5-9(16-10)18-7(2)11(12,13)14/h4-5,7H,3,6,15H2,1-2H3. The third-order valence-electron chi connectivity index (χ3n) is 2.07. The van der Waals surface area contributed by atoms with Crippen LogP contribution in [0.4, 0.5) is 18.9 Å². The zero-order valence-corrected chi connectivity index (χ0v) is 10.1. The second-order valence-corrected chi connectivity index (χ2v) is 3.69.